The number of hydrogen-bond donors (Lipinski definition) is 2. The van der Waals surface area contributed by atoms with Crippen molar-refractivity contribution in [3.05, 3.63) is 0 Å². The van der Waals surface area contributed by atoms with Crippen molar-refractivity contribution in [3.63, 3.8) is 0 Å². The highest BCUT2D eigenvalue weighted by atomic mass is 31.0. The second kappa shape index (κ2) is 5.01. The van der Waals surface area contributed by atoms with Crippen LogP contribution in [0.15, 0.2) is 0 Å². The molecule has 0 aliphatic heterocycles. The monoisotopic (exact) mass is 135 g/mol. The molecule has 3 nitrogen and oxygen atoms in total. The predicted molar refractivity (Wildman–Crippen MR) is 34.4 cm³/mol. The Morgan fingerprint density at radius 3 is 2.75 bits per heavy atom. The van der Waals surface area contributed by atoms with Crippen LogP contribution in [0.4, 0.5) is 0 Å². The van der Waals surface area contributed by atoms with Crippen LogP contribution < -0.4 is 5.32 Å². The Labute approximate surface area is 50.7 Å². The number of aliphatic hydroxyl groups is 1. The van der Waals surface area contributed by atoms with E-state index in [1.807, 2.05) is 0 Å². The number of aliphatic hydroxyl groups excluding tert-OH is 1. The maximum Gasteiger partial charge on any atom is 0.222 e. The van der Waals surface area contributed by atoms with Gasteiger partial charge in [-0.1, -0.05) is 0 Å². The van der Waals surface area contributed by atoms with Gasteiger partial charge in [0.05, 0.1) is 0 Å². The van der Waals surface area contributed by atoms with Gasteiger partial charge in [-0.05, 0) is 6.16 Å². The lowest BCUT2D eigenvalue weighted by Crippen LogP contribution is -2.23. The summed E-state index contributed by atoms with van der Waals surface area (Å²) in [6.45, 7) is -0.260. The van der Waals surface area contributed by atoms with E-state index in [9.17, 15) is 4.79 Å². The van der Waals surface area contributed by atoms with Crippen LogP contribution in [-0.4, -0.2) is 23.9 Å². The van der Waals surface area contributed by atoms with Crippen LogP contribution in [0, 0.1) is 0 Å². The molecule has 0 aromatic carbocycles. The second-order valence-electron chi connectivity index (χ2n) is 1.30. The molecule has 48 valence electrons. The van der Waals surface area contributed by atoms with Crippen molar-refractivity contribution in [3.8, 4) is 0 Å². The van der Waals surface area contributed by atoms with E-state index in [-0.39, 0.29) is 12.6 Å². The minimum Gasteiger partial charge on any atom is -0.377 e. The molecule has 0 aliphatic rings. The summed E-state index contributed by atoms with van der Waals surface area (Å²) in [5.74, 6) is -0.109. The molecule has 1 unspecified atom stereocenters. The quantitative estimate of drug-likeness (QED) is 0.398. The lowest BCUT2D eigenvalue weighted by atomic mass is 10.5. The summed E-state index contributed by atoms with van der Waals surface area (Å²) in [6, 6.07) is 0. The SMILES string of the molecule is O=C(CCP)NCO. The minimum absolute atomic E-state index is 0.109. The molecule has 8 heavy (non-hydrogen) atoms. The van der Waals surface area contributed by atoms with Gasteiger partial charge in [0.2, 0.25) is 5.91 Å². The molecule has 0 heterocycles. The molecule has 0 aliphatic carbocycles. The Hall–Kier alpha value is -0.140. The smallest absolute Gasteiger partial charge is 0.222 e. The Bertz CT molecular complexity index is 68.4. The summed E-state index contributed by atoms with van der Waals surface area (Å²) < 4.78 is 0. The number of carbonyl (C=O) groups is 1. The molecule has 4 heteroatoms. The first kappa shape index (κ1) is 7.86. The normalized spacial score (nSPS) is 8.75. The minimum atomic E-state index is -0.260. The molecule has 0 spiro atoms. The van der Waals surface area contributed by atoms with Crippen LogP contribution in [0.5, 0.6) is 0 Å². The molecule has 0 bridgehead atoms. The first-order valence-corrected chi connectivity index (χ1v) is 3.20. The zero-order chi connectivity index (χ0) is 6.41. The first-order valence-electron chi connectivity index (χ1n) is 2.39. The van der Waals surface area contributed by atoms with Gasteiger partial charge in [0.1, 0.15) is 6.73 Å². The molecule has 0 aromatic heterocycles. The number of nitrogens with one attached hydrogen (secondary N) is 1. The Balaban J connectivity index is 3.06. The Kier molecular flexibility index (Phi) is 4.92. The number of hydrogen-bond acceptors (Lipinski definition) is 2. The van der Waals surface area contributed by atoms with E-state index in [4.69, 9.17) is 5.11 Å². The molecule has 0 aromatic rings. The van der Waals surface area contributed by atoms with E-state index in [1.165, 1.54) is 0 Å². The van der Waals surface area contributed by atoms with E-state index in [1.54, 1.807) is 0 Å². The fraction of sp³-hybridized carbons (Fsp3) is 0.750. The Morgan fingerprint density at radius 2 is 2.38 bits per heavy atom. The molecule has 1 amide bonds. The maximum atomic E-state index is 10.4. The van der Waals surface area contributed by atoms with Crippen molar-refractivity contribution >= 4 is 15.1 Å². The van der Waals surface area contributed by atoms with Gasteiger partial charge in [0, 0.05) is 6.42 Å². The molecule has 0 saturated carbocycles. The maximum absolute atomic E-state index is 10.4. The fourth-order valence-electron chi connectivity index (χ4n) is 0.308. The van der Waals surface area contributed by atoms with Gasteiger partial charge in [-0.2, -0.15) is 0 Å². The van der Waals surface area contributed by atoms with Gasteiger partial charge in [-0.15, -0.1) is 9.24 Å². The average Bonchev–Trinajstić information content (AvgIpc) is 1.68. The summed E-state index contributed by atoms with van der Waals surface area (Å²) >= 11 is 0. The lowest BCUT2D eigenvalue weighted by molar-refractivity contribution is -0.121. The molecule has 0 radical (unpaired) electrons. The highest BCUT2D eigenvalue weighted by molar-refractivity contribution is 7.16. The largest absolute Gasteiger partial charge is 0.377 e. The summed E-state index contributed by atoms with van der Waals surface area (Å²) in [5, 5.41) is 10.4. The fourth-order valence-corrected chi connectivity index (χ4v) is 0.570. The average molecular weight is 135 g/mol. The van der Waals surface area contributed by atoms with Crippen molar-refractivity contribution in [2.45, 2.75) is 6.42 Å². The molecule has 0 saturated heterocycles. The van der Waals surface area contributed by atoms with Crippen LogP contribution in [-0.2, 0) is 4.79 Å². The standard InChI is InChI=1S/C4H10NO2P/c6-3-5-4(7)1-2-8/h6H,1-3,8H2,(H,5,7). The van der Waals surface area contributed by atoms with Crippen LogP contribution >= 0.6 is 9.24 Å². The van der Waals surface area contributed by atoms with Gasteiger partial charge < -0.3 is 10.4 Å². The number of amides is 1. The highest BCUT2D eigenvalue weighted by Crippen LogP contribution is 1.85. The van der Waals surface area contributed by atoms with E-state index < -0.39 is 0 Å². The predicted octanol–water partition coefficient (Wildman–Crippen LogP) is -0.682. The summed E-state index contributed by atoms with van der Waals surface area (Å²) in [6.07, 6.45) is 1.21. The van der Waals surface area contributed by atoms with Gasteiger partial charge in [0.15, 0.2) is 0 Å². The van der Waals surface area contributed by atoms with Gasteiger partial charge in [-0.25, -0.2) is 0 Å². The highest BCUT2D eigenvalue weighted by Gasteiger charge is 1.93. The Morgan fingerprint density at radius 1 is 1.75 bits per heavy atom. The van der Waals surface area contributed by atoms with Crippen molar-refractivity contribution in [1.29, 1.82) is 0 Å². The summed E-state index contributed by atoms with van der Waals surface area (Å²) in [4.78, 5) is 10.4. The van der Waals surface area contributed by atoms with Crippen molar-refractivity contribution < 1.29 is 9.90 Å². The summed E-state index contributed by atoms with van der Waals surface area (Å²) in [7, 11) is 2.43. The first-order chi connectivity index (χ1) is 3.81. The molecular weight excluding hydrogens is 125 g/mol. The van der Waals surface area contributed by atoms with Crippen LogP contribution in [0.25, 0.3) is 0 Å². The van der Waals surface area contributed by atoms with E-state index in [0.29, 0.717) is 6.42 Å². The molecule has 0 rings (SSSR count). The zero-order valence-electron chi connectivity index (χ0n) is 4.55. The van der Waals surface area contributed by atoms with E-state index in [2.05, 4.69) is 14.6 Å². The number of rotatable bonds is 3. The van der Waals surface area contributed by atoms with Gasteiger partial charge >= 0.3 is 0 Å². The van der Waals surface area contributed by atoms with Crippen LogP contribution in [0.3, 0.4) is 0 Å². The molecule has 1 atom stereocenters. The molecule has 2 N–H and O–H groups in total. The third kappa shape index (κ3) is 4.03. The van der Waals surface area contributed by atoms with Crippen LogP contribution in [0.1, 0.15) is 6.42 Å². The third-order valence-electron chi connectivity index (χ3n) is 0.648. The van der Waals surface area contributed by atoms with Gasteiger partial charge in [0.25, 0.3) is 0 Å². The van der Waals surface area contributed by atoms with Gasteiger partial charge in [-0.3, -0.25) is 4.79 Å². The number of carbonyl (C=O) groups excluding carboxylic acids is 1. The summed E-state index contributed by atoms with van der Waals surface area (Å²) in [5.41, 5.74) is 0. The zero-order valence-corrected chi connectivity index (χ0v) is 5.71. The molecular formula is C4H10NO2P. The van der Waals surface area contributed by atoms with Crippen LogP contribution in [0.2, 0.25) is 0 Å². The lowest BCUT2D eigenvalue weighted by Gasteiger charge is -1.95. The van der Waals surface area contributed by atoms with E-state index >= 15 is 0 Å². The van der Waals surface area contributed by atoms with Crippen molar-refractivity contribution in [1.82, 2.24) is 5.32 Å². The van der Waals surface area contributed by atoms with Crippen molar-refractivity contribution in [2.75, 3.05) is 12.9 Å². The topological polar surface area (TPSA) is 49.3 Å². The third-order valence-corrected chi connectivity index (χ3v) is 0.936. The second-order valence-corrected chi connectivity index (χ2v) is 1.87. The molecule has 0 fully saturated rings. The van der Waals surface area contributed by atoms with Crippen molar-refractivity contribution in [2.24, 2.45) is 0 Å². The van der Waals surface area contributed by atoms with E-state index in [0.717, 1.165) is 6.16 Å².